The Balaban J connectivity index is 1.74. The quantitative estimate of drug-likeness (QED) is 0.633. The van der Waals surface area contributed by atoms with E-state index in [9.17, 15) is 8.78 Å². The number of rotatable bonds is 3. The van der Waals surface area contributed by atoms with E-state index >= 15 is 8.78 Å². The lowest BCUT2D eigenvalue weighted by Gasteiger charge is -2.43. The van der Waals surface area contributed by atoms with Crippen LogP contribution in [0.1, 0.15) is 37.6 Å². The molecule has 10 heteroatoms. The first-order chi connectivity index (χ1) is 14.9. The summed E-state index contributed by atoms with van der Waals surface area (Å²) in [4.78, 5) is 8.00. The minimum absolute atomic E-state index is 0.0251. The number of hydrogen-bond donors (Lipinski definition) is 1. The number of ether oxygens (including phenoxy) is 2. The summed E-state index contributed by atoms with van der Waals surface area (Å²) < 4.78 is 69.5. The van der Waals surface area contributed by atoms with E-state index in [0.717, 1.165) is 25.1 Å². The third-order valence-electron chi connectivity index (χ3n) is 5.39. The van der Waals surface area contributed by atoms with Crippen molar-refractivity contribution in [2.75, 3.05) is 13.2 Å². The van der Waals surface area contributed by atoms with Gasteiger partial charge < -0.3 is 15.2 Å². The normalized spacial score (nSPS) is 24.1. The van der Waals surface area contributed by atoms with Crippen LogP contribution in [0.3, 0.4) is 0 Å². The standard InChI is InChI=1S/C22H21F4N3O2S/c1-20(2)19(27)29-21(3,22(25,26)32-20)13-8-12(4-5-14(13)23)9-15(24)16-10-17-18(11-28-16)31-7-6-30-17/h4-5,8-11H,6-7H2,1-3H3,(H2,27,29). The van der Waals surface area contributed by atoms with E-state index < -0.39 is 27.2 Å². The summed E-state index contributed by atoms with van der Waals surface area (Å²) in [7, 11) is 0. The molecule has 0 saturated heterocycles. The molecule has 2 aromatic rings. The first kappa shape index (κ1) is 22.4. The average Bonchev–Trinajstić information content (AvgIpc) is 2.72. The minimum atomic E-state index is -3.46. The van der Waals surface area contributed by atoms with Crippen LogP contribution in [-0.2, 0) is 5.54 Å². The van der Waals surface area contributed by atoms with Crippen LogP contribution in [0.2, 0.25) is 0 Å². The fourth-order valence-electron chi connectivity index (χ4n) is 3.44. The molecule has 0 fully saturated rings. The summed E-state index contributed by atoms with van der Waals surface area (Å²) in [5.41, 5.74) is 3.40. The second-order valence-corrected chi connectivity index (χ2v) is 9.88. The minimum Gasteiger partial charge on any atom is -0.486 e. The SMILES string of the molecule is CC1(C)SC(F)(F)C(C)(c2cc(C=C(F)c3cc4c(cn3)OCCO4)ccc2F)N=C1N. The Labute approximate surface area is 186 Å². The Morgan fingerprint density at radius 1 is 1.12 bits per heavy atom. The summed E-state index contributed by atoms with van der Waals surface area (Å²) in [5.74, 6) is -0.913. The van der Waals surface area contributed by atoms with Gasteiger partial charge >= 0.3 is 5.25 Å². The summed E-state index contributed by atoms with van der Waals surface area (Å²) in [6.45, 7) is 4.86. The summed E-state index contributed by atoms with van der Waals surface area (Å²) in [5, 5.41) is -3.46. The third kappa shape index (κ3) is 3.80. The van der Waals surface area contributed by atoms with Crippen LogP contribution in [0.4, 0.5) is 17.6 Å². The van der Waals surface area contributed by atoms with Gasteiger partial charge in [-0.05, 0) is 44.5 Å². The molecule has 0 spiro atoms. The number of halogens is 4. The summed E-state index contributed by atoms with van der Waals surface area (Å²) in [6.07, 6.45) is 2.42. The van der Waals surface area contributed by atoms with Crippen LogP contribution in [0.5, 0.6) is 11.5 Å². The van der Waals surface area contributed by atoms with Gasteiger partial charge in [0, 0.05) is 11.6 Å². The fraction of sp³-hybridized carbons (Fsp3) is 0.364. The van der Waals surface area contributed by atoms with Crippen LogP contribution < -0.4 is 15.2 Å². The van der Waals surface area contributed by atoms with Gasteiger partial charge in [0.1, 0.15) is 36.4 Å². The van der Waals surface area contributed by atoms with E-state index in [0.29, 0.717) is 36.5 Å². The highest BCUT2D eigenvalue weighted by Crippen LogP contribution is 2.56. The molecule has 0 saturated carbocycles. The molecule has 32 heavy (non-hydrogen) atoms. The molecule has 1 aromatic carbocycles. The summed E-state index contributed by atoms with van der Waals surface area (Å²) in [6, 6.07) is 4.82. The molecule has 2 aliphatic rings. The monoisotopic (exact) mass is 467 g/mol. The zero-order valence-electron chi connectivity index (χ0n) is 17.6. The molecule has 1 aromatic heterocycles. The lowest BCUT2D eigenvalue weighted by molar-refractivity contribution is 0.0196. The molecule has 1 atom stereocenters. The van der Waals surface area contributed by atoms with Gasteiger partial charge in [0.15, 0.2) is 17.0 Å². The number of alkyl halides is 2. The van der Waals surface area contributed by atoms with Gasteiger partial charge in [0.2, 0.25) is 0 Å². The first-order valence-corrected chi connectivity index (χ1v) is 10.6. The zero-order chi connectivity index (χ0) is 23.3. The number of nitrogens with zero attached hydrogens (tertiary/aromatic N) is 2. The maximum absolute atomic E-state index is 15.1. The topological polar surface area (TPSA) is 69.7 Å². The van der Waals surface area contributed by atoms with E-state index in [1.165, 1.54) is 32.2 Å². The van der Waals surface area contributed by atoms with Crippen LogP contribution in [0, 0.1) is 5.82 Å². The molecule has 0 amide bonds. The van der Waals surface area contributed by atoms with E-state index in [-0.39, 0.29) is 22.7 Å². The molecule has 170 valence electrons. The van der Waals surface area contributed by atoms with Crippen LogP contribution >= 0.6 is 11.8 Å². The molecule has 1 unspecified atom stereocenters. The first-order valence-electron chi connectivity index (χ1n) is 9.80. The Morgan fingerprint density at radius 2 is 1.81 bits per heavy atom. The van der Waals surface area contributed by atoms with Crippen molar-refractivity contribution < 1.29 is 27.0 Å². The molecule has 4 rings (SSSR count). The van der Waals surface area contributed by atoms with Crippen molar-refractivity contribution in [1.29, 1.82) is 0 Å². The van der Waals surface area contributed by atoms with Crippen LogP contribution in [0.25, 0.3) is 11.9 Å². The molecule has 0 aliphatic carbocycles. The number of aliphatic imine (C=N–C) groups is 1. The van der Waals surface area contributed by atoms with Gasteiger partial charge in [-0.2, -0.15) is 8.78 Å². The van der Waals surface area contributed by atoms with Crippen molar-refractivity contribution in [3.05, 3.63) is 53.1 Å². The maximum Gasteiger partial charge on any atom is 0.323 e. The van der Waals surface area contributed by atoms with Gasteiger partial charge in [-0.15, -0.1) is 0 Å². The molecule has 2 aliphatic heterocycles. The highest BCUT2D eigenvalue weighted by atomic mass is 32.2. The van der Waals surface area contributed by atoms with Gasteiger partial charge in [-0.1, -0.05) is 17.8 Å². The number of thioether (sulfide) groups is 1. The van der Waals surface area contributed by atoms with Crippen molar-refractivity contribution in [2.45, 2.75) is 36.3 Å². The molecular formula is C22H21F4N3O2S. The van der Waals surface area contributed by atoms with E-state index in [2.05, 4.69) is 9.98 Å². The number of amidine groups is 1. The number of hydrogen-bond acceptors (Lipinski definition) is 6. The second-order valence-electron chi connectivity index (χ2n) is 8.14. The Hall–Kier alpha value is -2.75. The van der Waals surface area contributed by atoms with Crippen LogP contribution in [-0.4, -0.2) is 34.0 Å². The Bertz CT molecular complexity index is 1140. The van der Waals surface area contributed by atoms with Crippen molar-refractivity contribution in [3.63, 3.8) is 0 Å². The molecule has 2 N–H and O–H groups in total. The van der Waals surface area contributed by atoms with E-state index in [4.69, 9.17) is 15.2 Å². The van der Waals surface area contributed by atoms with Crippen molar-refractivity contribution in [3.8, 4) is 11.5 Å². The summed E-state index contributed by atoms with van der Waals surface area (Å²) >= 11 is 0.313. The Morgan fingerprint density at radius 3 is 2.53 bits per heavy atom. The molecular weight excluding hydrogens is 446 g/mol. The number of benzene rings is 1. The smallest absolute Gasteiger partial charge is 0.323 e. The highest BCUT2D eigenvalue weighted by Gasteiger charge is 2.60. The number of fused-ring (bicyclic) bond motifs is 1. The molecule has 3 heterocycles. The predicted molar refractivity (Wildman–Crippen MR) is 116 cm³/mol. The third-order valence-corrected chi connectivity index (χ3v) is 6.77. The maximum atomic E-state index is 15.1. The van der Waals surface area contributed by atoms with E-state index in [1.54, 1.807) is 0 Å². The largest absolute Gasteiger partial charge is 0.486 e. The number of pyridine rings is 1. The van der Waals surface area contributed by atoms with Crippen molar-refractivity contribution >= 4 is 29.5 Å². The number of nitrogens with two attached hydrogens (primary N) is 1. The van der Waals surface area contributed by atoms with Gasteiger partial charge in [0.05, 0.1) is 10.9 Å². The molecule has 0 bridgehead atoms. The Kier molecular flexibility index (Phi) is 5.39. The van der Waals surface area contributed by atoms with E-state index in [1.807, 2.05) is 0 Å². The van der Waals surface area contributed by atoms with Crippen LogP contribution in [0.15, 0.2) is 35.5 Å². The van der Waals surface area contributed by atoms with Gasteiger partial charge in [-0.3, -0.25) is 4.99 Å². The zero-order valence-corrected chi connectivity index (χ0v) is 18.4. The lowest BCUT2D eigenvalue weighted by atomic mass is 9.89. The predicted octanol–water partition coefficient (Wildman–Crippen LogP) is 5.15. The van der Waals surface area contributed by atoms with Gasteiger partial charge in [-0.25, -0.2) is 13.8 Å². The van der Waals surface area contributed by atoms with Gasteiger partial charge in [0.25, 0.3) is 0 Å². The second kappa shape index (κ2) is 7.68. The fourth-order valence-corrected chi connectivity index (χ4v) is 4.58. The molecule has 5 nitrogen and oxygen atoms in total. The average molecular weight is 467 g/mol. The van der Waals surface area contributed by atoms with Crippen molar-refractivity contribution in [1.82, 2.24) is 4.98 Å². The highest BCUT2D eigenvalue weighted by molar-refractivity contribution is 8.02. The lowest BCUT2D eigenvalue weighted by Crippen LogP contribution is -2.52. The number of aromatic nitrogens is 1. The van der Waals surface area contributed by atoms with Crippen molar-refractivity contribution in [2.24, 2.45) is 10.7 Å². The molecule has 0 radical (unpaired) electrons.